The number of benzene rings is 2. The van der Waals surface area contributed by atoms with E-state index in [0.29, 0.717) is 0 Å². The van der Waals surface area contributed by atoms with Crippen molar-refractivity contribution in [3.05, 3.63) is 83.4 Å². The molecule has 1 aliphatic heterocycles. The normalized spacial score (nSPS) is 17.0. The summed E-state index contributed by atoms with van der Waals surface area (Å²) < 4.78 is 0. The van der Waals surface area contributed by atoms with Crippen LogP contribution in [0.25, 0.3) is 5.57 Å². The molecule has 1 nitrogen and oxygen atoms in total. The molecule has 128 valence electrons. The summed E-state index contributed by atoms with van der Waals surface area (Å²) in [7, 11) is 0. The van der Waals surface area contributed by atoms with Crippen LogP contribution in [0.4, 0.5) is 0 Å². The third kappa shape index (κ3) is 4.48. The molecule has 0 N–H and O–H groups in total. The monoisotopic (exact) mass is 554 g/mol. The predicted molar refractivity (Wildman–Crippen MR) is 102 cm³/mol. The first-order chi connectivity index (χ1) is 11.9. The first kappa shape index (κ1) is 19.0. The average Bonchev–Trinajstić information content (AvgIpc) is 2.80. The molecule has 0 saturated carbocycles. The minimum absolute atomic E-state index is 0. The fraction of sp³-hybridized carbons (Fsp3) is 0.348. The van der Waals surface area contributed by atoms with Crippen molar-refractivity contribution in [2.24, 2.45) is 0 Å². The van der Waals surface area contributed by atoms with Crippen LogP contribution in [-0.2, 0) is 12.8 Å². The quantitative estimate of drug-likeness (QED) is 0.469. The molecule has 0 atom stereocenters. The molecular weight excluding hydrogens is 528 g/mol. The molecule has 0 unspecified atom stereocenters. The maximum Gasteiger partial charge on any atom is 0 e. The van der Waals surface area contributed by atoms with E-state index in [2.05, 4.69) is 66.1 Å². The van der Waals surface area contributed by atoms with Crippen molar-refractivity contribution in [2.45, 2.75) is 38.5 Å². The zero-order valence-corrected chi connectivity index (χ0v) is 19.0. The van der Waals surface area contributed by atoms with Gasteiger partial charge in [-0.3, -0.25) is 6.54 Å². The molecule has 2 aliphatic rings. The van der Waals surface area contributed by atoms with E-state index in [-0.39, 0.29) is 31.1 Å². The van der Waals surface area contributed by atoms with Gasteiger partial charge in [0.15, 0.2) is 0 Å². The van der Waals surface area contributed by atoms with Crippen molar-refractivity contribution in [3.63, 3.8) is 0 Å². The van der Waals surface area contributed by atoms with Crippen molar-refractivity contribution < 1.29 is 31.1 Å². The Morgan fingerprint density at radius 2 is 1.52 bits per heavy atom. The maximum atomic E-state index is 2.51. The number of likely N-dealkylation sites (tertiary alicyclic amines) is 1. The van der Waals surface area contributed by atoms with Crippen molar-refractivity contribution in [1.82, 2.24) is 4.90 Å². The summed E-state index contributed by atoms with van der Waals surface area (Å²) in [4.78, 5) is 2.51. The van der Waals surface area contributed by atoms with Crippen LogP contribution in [0.5, 0.6) is 0 Å². The van der Waals surface area contributed by atoms with Gasteiger partial charge in [0, 0.05) is 31.1 Å². The molecule has 25 heavy (non-hydrogen) atoms. The summed E-state index contributed by atoms with van der Waals surface area (Å²) in [6.07, 6.45) is 9.84. The second kappa shape index (κ2) is 9.22. The van der Waals surface area contributed by atoms with Crippen LogP contribution >= 0.6 is 0 Å². The van der Waals surface area contributed by atoms with Gasteiger partial charge in [-0.05, 0) is 66.6 Å². The van der Waals surface area contributed by atoms with E-state index in [1.165, 1.54) is 53.6 Å². The van der Waals surface area contributed by atoms with E-state index in [1.807, 2.05) is 0 Å². The number of piperidine rings is 1. The minimum Gasteiger partial charge on any atom is -0.456 e. The molecule has 2 aromatic carbocycles. The van der Waals surface area contributed by atoms with Crippen LogP contribution in [0.3, 0.4) is 0 Å². The molecule has 2 aromatic rings. The first-order valence-corrected chi connectivity index (χ1v) is 9.36. The molecule has 4 rings (SSSR count). The smallest absolute Gasteiger partial charge is 0 e. The van der Waals surface area contributed by atoms with Gasteiger partial charge in [0.2, 0.25) is 0 Å². The zero-order chi connectivity index (χ0) is 16.2. The SMILES string of the molecule is C(CCN1[CH-]CCCC1)=C1c2ccccc2CCc2ccccc21.[U]. The van der Waals surface area contributed by atoms with Gasteiger partial charge in [-0.25, -0.2) is 0 Å². The van der Waals surface area contributed by atoms with Crippen LogP contribution in [0, 0.1) is 37.7 Å². The fourth-order valence-electron chi connectivity index (χ4n) is 4.04. The van der Waals surface area contributed by atoms with Crippen LogP contribution < -0.4 is 0 Å². The molecule has 0 spiro atoms. The van der Waals surface area contributed by atoms with E-state index in [0.717, 1.165) is 25.8 Å². The summed E-state index contributed by atoms with van der Waals surface area (Å²) >= 11 is 0. The van der Waals surface area contributed by atoms with E-state index in [4.69, 9.17) is 0 Å². The molecule has 1 heterocycles. The van der Waals surface area contributed by atoms with Crippen LogP contribution in [0.1, 0.15) is 47.9 Å². The summed E-state index contributed by atoms with van der Waals surface area (Å²) in [6, 6.07) is 17.9. The van der Waals surface area contributed by atoms with E-state index < -0.39 is 0 Å². The topological polar surface area (TPSA) is 3.24 Å². The van der Waals surface area contributed by atoms with Gasteiger partial charge in [-0.1, -0.05) is 61.0 Å². The van der Waals surface area contributed by atoms with Crippen LogP contribution in [-0.4, -0.2) is 18.0 Å². The van der Waals surface area contributed by atoms with E-state index >= 15 is 0 Å². The Morgan fingerprint density at radius 3 is 2.12 bits per heavy atom. The number of hydrogen-bond acceptors (Lipinski definition) is 1. The Morgan fingerprint density at radius 1 is 0.880 bits per heavy atom. The van der Waals surface area contributed by atoms with Crippen molar-refractivity contribution in [3.8, 4) is 0 Å². The third-order valence-electron chi connectivity index (χ3n) is 5.33. The average molecular weight is 554 g/mol. The Kier molecular flexibility index (Phi) is 7.00. The maximum absolute atomic E-state index is 2.51. The Balaban J connectivity index is 0.00000182. The molecule has 0 aromatic heterocycles. The summed E-state index contributed by atoms with van der Waals surface area (Å²) in [5, 5.41) is 0. The van der Waals surface area contributed by atoms with Gasteiger partial charge in [-0.15, -0.1) is 0 Å². The van der Waals surface area contributed by atoms with Crippen molar-refractivity contribution in [1.29, 1.82) is 0 Å². The van der Waals surface area contributed by atoms with Gasteiger partial charge >= 0.3 is 0 Å². The molecule has 0 bridgehead atoms. The Labute approximate surface area is 175 Å². The fourth-order valence-corrected chi connectivity index (χ4v) is 4.04. The van der Waals surface area contributed by atoms with Crippen molar-refractivity contribution >= 4 is 5.57 Å². The number of aryl methyl sites for hydroxylation is 2. The number of hydrogen-bond donors (Lipinski definition) is 0. The molecule has 0 amide bonds. The number of nitrogens with zero attached hydrogens (tertiary/aromatic N) is 1. The van der Waals surface area contributed by atoms with Crippen LogP contribution in [0.2, 0.25) is 0 Å². The van der Waals surface area contributed by atoms with Crippen LogP contribution in [0.15, 0.2) is 54.6 Å². The second-order valence-corrected chi connectivity index (χ2v) is 6.94. The summed E-state index contributed by atoms with van der Waals surface area (Å²) in [5.41, 5.74) is 7.29. The van der Waals surface area contributed by atoms with E-state index in [1.54, 1.807) is 0 Å². The van der Waals surface area contributed by atoms with Crippen molar-refractivity contribution in [2.75, 3.05) is 13.1 Å². The largest absolute Gasteiger partial charge is 0.456 e. The summed E-state index contributed by atoms with van der Waals surface area (Å²) in [5.74, 6) is 0. The number of rotatable bonds is 3. The number of fused-ring (bicyclic) bond motifs is 2. The Hall–Kier alpha value is -0.808. The molecule has 0 radical (unpaired) electrons. The molecule has 2 heteroatoms. The van der Waals surface area contributed by atoms with Gasteiger partial charge in [-0.2, -0.15) is 6.42 Å². The first-order valence-electron chi connectivity index (χ1n) is 9.36. The summed E-state index contributed by atoms with van der Waals surface area (Å²) in [6.45, 7) is 4.78. The van der Waals surface area contributed by atoms with Gasteiger partial charge in [0.05, 0.1) is 0 Å². The molecule has 1 saturated heterocycles. The van der Waals surface area contributed by atoms with E-state index in [9.17, 15) is 0 Å². The van der Waals surface area contributed by atoms with Gasteiger partial charge in [0.1, 0.15) is 0 Å². The molecular formula is C23H26NU-. The third-order valence-corrected chi connectivity index (χ3v) is 5.33. The zero-order valence-electron chi connectivity index (χ0n) is 14.9. The minimum atomic E-state index is 0. The standard InChI is InChI=1S/C23H26N.U/c1-6-16-24(17-7-1)18-8-13-23-21-11-4-2-9-19(21)14-15-20-10-3-5-12-22(20)23;/h2-5,9-13,16H,1,6-8,14-15,17-18H2;/q-1;. The molecule has 1 fully saturated rings. The van der Waals surface area contributed by atoms with Gasteiger partial charge in [0.25, 0.3) is 0 Å². The predicted octanol–water partition coefficient (Wildman–Crippen LogP) is 5.25. The molecule has 1 aliphatic carbocycles. The van der Waals surface area contributed by atoms with Gasteiger partial charge < -0.3 is 4.90 Å². The Bertz CT molecular complexity index is 679. The second-order valence-electron chi connectivity index (χ2n) is 6.94.